The molecule has 1 aromatic rings. The predicted octanol–water partition coefficient (Wildman–Crippen LogP) is 0.888. The Balaban J connectivity index is 1.58. The average molecular weight is 320 g/mol. The Hall–Kier alpha value is -2.15. The fraction of sp³-hybridized carbons (Fsp3) is 0.500. The molecule has 23 heavy (non-hydrogen) atoms. The van der Waals surface area contributed by atoms with Crippen LogP contribution in [-0.2, 0) is 4.79 Å². The van der Waals surface area contributed by atoms with Crippen LogP contribution in [0.4, 0.5) is 14.9 Å². The van der Waals surface area contributed by atoms with Gasteiger partial charge in [-0.25, -0.2) is 9.18 Å². The molecule has 2 heterocycles. The van der Waals surface area contributed by atoms with E-state index in [9.17, 15) is 14.0 Å². The third-order valence-electron chi connectivity index (χ3n) is 4.36. The first kappa shape index (κ1) is 15.7. The van der Waals surface area contributed by atoms with Gasteiger partial charge in [0.05, 0.1) is 6.04 Å². The van der Waals surface area contributed by atoms with Crippen molar-refractivity contribution in [3.8, 4) is 0 Å². The summed E-state index contributed by atoms with van der Waals surface area (Å²) in [5.74, 6) is -0.473. The monoisotopic (exact) mass is 320 g/mol. The normalized spacial score (nSPS) is 22.5. The van der Waals surface area contributed by atoms with Crippen molar-refractivity contribution in [1.82, 2.24) is 15.1 Å². The summed E-state index contributed by atoms with van der Waals surface area (Å²) in [6, 6.07) is 5.59. The molecule has 0 spiro atoms. The number of carbonyl (C=O) groups is 2. The minimum atomic E-state index is -0.375. The molecule has 7 heteroatoms. The number of benzene rings is 1. The number of likely N-dealkylation sites (N-methyl/N-ethyl adjacent to an activating group) is 1. The minimum Gasteiger partial charge on any atom is -0.333 e. The zero-order chi connectivity index (χ0) is 16.4. The molecule has 2 saturated heterocycles. The smallest absolute Gasteiger partial charge is 0.317 e. The van der Waals surface area contributed by atoms with E-state index in [0.29, 0.717) is 25.3 Å². The largest absolute Gasteiger partial charge is 0.333 e. The molecule has 3 rings (SSSR count). The maximum absolute atomic E-state index is 13.3. The molecule has 2 fully saturated rings. The fourth-order valence-corrected chi connectivity index (χ4v) is 2.97. The summed E-state index contributed by atoms with van der Waals surface area (Å²) >= 11 is 0. The summed E-state index contributed by atoms with van der Waals surface area (Å²) in [5, 5.41) is 2.92. The first-order valence-electron chi connectivity index (χ1n) is 7.83. The molecule has 0 aromatic heterocycles. The summed E-state index contributed by atoms with van der Waals surface area (Å²) < 4.78 is 13.3. The lowest BCUT2D eigenvalue weighted by molar-refractivity contribution is -0.117. The summed E-state index contributed by atoms with van der Waals surface area (Å²) in [6.07, 6.45) is 0.246. The van der Waals surface area contributed by atoms with Gasteiger partial charge in [-0.2, -0.15) is 0 Å². The van der Waals surface area contributed by atoms with Crippen molar-refractivity contribution in [2.45, 2.75) is 12.5 Å². The van der Waals surface area contributed by atoms with Crippen LogP contribution in [0.1, 0.15) is 6.42 Å². The van der Waals surface area contributed by atoms with Crippen LogP contribution in [0.5, 0.6) is 0 Å². The Morgan fingerprint density at radius 1 is 1.26 bits per heavy atom. The standard InChI is InChI=1S/C16H21FN4O2/c1-19-5-7-20(8-6-19)16(23)18-13-10-15(22)21(11-13)14-4-2-3-12(17)9-14/h2-4,9,13H,5-8,10-11H2,1H3,(H,18,23). The van der Waals surface area contributed by atoms with Crippen molar-refractivity contribution in [3.05, 3.63) is 30.1 Å². The highest BCUT2D eigenvalue weighted by Crippen LogP contribution is 2.22. The number of piperazine rings is 1. The summed E-state index contributed by atoms with van der Waals surface area (Å²) in [5.41, 5.74) is 0.534. The SMILES string of the molecule is CN1CCN(C(=O)NC2CC(=O)N(c3cccc(F)c3)C2)CC1. The molecule has 1 aromatic carbocycles. The van der Waals surface area contributed by atoms with Crippen molar-refractivity contribution in [2.75, 3.05) is 44.7 Å². The Morgan fingerprint density at radius 2 is 2.00 bits per heavy atom. The van der Waals surface area contributed by atoms with Gasteiger partial charge in [-0.05, 0) is 25.2 Å². The second-order valence-electron chi connectivity index (χ2n) is 6.13. The lowest BCUT2D eigenvalue weighted by Gasteiger charge is -2.33. The molecule has 2 aliphatic rings. The number of nitrogens with one attached hydrogen (secondary N) is 1. The number of urea groups is 1. The first-order valence-corrected chi connectivity index (χ1v) is 7.83. The Kier molecular flexibility index (Phi) is 4.47. The topological polar surface area (TPSA) is 55.9 Å². The molecular formula is C16H21FN4O2. The second-order valence-corrected chi connectivity index (χ2v) is 6.13. The van der Waals surface area contributed by atoms with Crippen LogP contribution >= 0.6 is 0 Å². The number of hydrogen-bond acceptors (Lipinski definition) is 3. The van der Waals surface area contributed by atoms with Crippen LogP contribution < -0.4 is 10.2 Å². The van der Waals surface area contributed by atoms with Crippen molar-refractivity contribution >= 4 is 17.6 Å². The van der Waals surface area contributed by atoms with Crippen molar-refractivity contribution < 1.29 is 14.0 Å². The van der Waals surface area contributed by atoms with Gasteiger partial charge in [-0.15, -0.1) is 0 Å². The number of carbonyl (C=O) groups excluding carboxylic acids is 2. The van der Waals surface area contributed by atoms with Crippen LogP contribution in [0.3, 0.4) is 0 Å². The van der Waals surface area contributed by atoms with E-state index in [1.54, 1.807) is 17.0 Å². The predicted molar refractivity (Wildman–Crippen MR) is 84.8 cm³/mol. The van der Waals surface area contributed by atoms with E-state index in [2.05, 4.69) is 10.2 Å². The van der Waals surface area contributed by atoms with Crippen molar-refractivity contribution in [2.24, 2.45) is 0 Å². The molecule has 124 valence electrons. The molecule has 0 radical (unpaired) electrons. The van der Waals surface area contributed by atoms with E-state index >= 15 is 0 Å². The molecule has 3 amide bonds. The number of nitrogens with zero attached hydrogens (tertiary/aromatic N) is 3. The molecule has 0 saturated carbocycles. The van der Waals surface area contributed by atoms with E-state index in [4.69, 9.17) is 0 Å². The van der Waals surface area contributed by atoms with Gasteiger partial charge in [-0.3, -0.25) is 4.79 Å². The third-order valence-corrected chi connectivity index (χ3v) is 4.36. The lowest BCUT2D eigenvalue weighted by Crippen LogP contribution is -2.52. The maximum atomic E-state index is 13.3. The van der Waals surface area contributed by atoms with E-state index < -0.39 is 0 Å². The van der Waals surface area contributed by atoms with Crippen LogP contribution in [0.15, 0.2) is 24.3 Å². The number of amides is 3. The van der Waals surface area contributed by atoms with Crippen LogP contribution in [0, 0.1) is 5.82 Å². The molecule has 1 atom stereocenters. The highest BCUT2D eigenvalue weighted by Gasteiger charge is 2.33. The molecule has 1 unspecified atom stereocenters. The van der Waals surface area contributed by atoms with E-state index in [1.807, 2.05) is 7.05 Å². The van der Waals surface area contributed by atoms with Gasteiger partial charge in [0.15, 0.2) is 0 Å². The average Bonchev–Trinajstić information content (AvgIpc) is 2.88. The van der Waals surface area contributed by atoms with Crippen molar-refractivity contribution in [3.63, 3.8) is 0 Å². The molecule has 6 nitrogen and oxygen atoms in total. The first-order chi connectivity index (χ1) is 11.0. The summed E-state index contributed by atoms with van der Waals surface area (Å²) in [4.78, 5) is 29.9. The Morgan fingerprint density at radius 3 is 2.70 bits per heavy atom. The van der Waals surface area contributed by atoms with Crippen LogP contribution in [0.25, 0.3) is 0 Å². The zero-order valence-corrected chi connectivity index (χ0v) is 13.2. The van der Waals surface area contributed by atoms with E-state index in [-0.39, 0.29) is 30.2 Å². The zero-order valence-electron chi connectivity index (χ0n) is 13.2. The quantitative estimate of drug-likeness (QED) is 0.880. The number of anilines is 1. The molecule has 0 aliphatic carbocycles. The highest BCUT2D eigenvalue weighted by molar-refractivity contribution is 5.96. The Bertz CT molecular complexity index is 601. The summed E-state index contributed by atoms with van der Waals surface area (Å²) in [7, 11) is 2.03. The lowest BCUT2D eigenvalue weighted by atomic mass is 10.2. The van der Waals surface area contributed by atoms with Gasteiger partial charge >= 0.3 is 6.03 Å². The van der Waals surface area contributed by atoms with Gasteiger partial charge in [0.25, 0.3) is 0 Å². The fourth-order valence-electron chi connectivity index (χ4n) is 2.97. The third kappa shape index (κ3) is 3.61. The maximum Gasteiger partial charge on any atom is 0.317 e. The summed E-state index contributed by atoms with van der Waals surface area (Å²) in [6.45, 7) is 3.47. The molecule has 1 N–H and O–H groups in total. The number of hydrogen-bond donors (Lipinski definition) is 1. The van der Waals surface area contributed by atoms with E-state index in [0.717, 1.165) is 13.1 Å². The molecule has 2 aliphatic heterocycles. The van der Waals surface area contributed by atoms with Gasteiger partial charge in [0, 0.05) is 44.8 Å². The van der Waals surface area contributed by atoms with Crippen LogP contribution in [-0.4, -0.2) is 67.6 Å². The molecule has 0 bridgehead atoms. The number of rotatable bonds is 2. The van der Waals surface area contributed by atoms with Gasteiger partial charge < -0.3 is 20.0 Å². The highest BCUT2D eigenvalue weighted by atomic mass is 19.1. The number of halogens is 1. The van der Waals surface area contributed by atoms with Crippen LogP contribution in [0.2, 0.25) is 0 Å². The van der Waals surface area contributed by atoms with Gasteiger partial charge in [-0.1, -0.05) is 6.07 Å². The van der Waals surface area contributed by atoms with Gasteiger partial charge in [0.1, 0.15) is 5.82 Å². The molecular weight excluding hydrogens is 299 g/mol. The minimum absolute atomic E-state index is 0.0979. The van der Waals surface area contributed by atoms with Crippen molar-refractivity contribution in [1.29, 1.82) is 0 Å². The second kappa shape index (κ2) is 6.54. The Labute approximate surface area is 134 Å². The van der Waals surface area contributed by atoms with E-state index in [1.165, 1.54) is 17.0 Å². The van der Waals surface area contributed by atoms with Gasteiger partial charge in [0.2, 0.25) is 5.91 Å².